The molecule has 4 amide bonds. The summed E-state index contributed by atoms with van der Waals surface area (Å²) in [6.07, 6.45) is 5.68. The van der Waals surface area contributed by atoms with Crippen LogP contribution in [0.3, 0.4) is 0 Å². The van der Waals surface area contributed by atoms with Gasteiger partial charge in [-0.1, -0.05) is 12.2 Å². The molecule has 0 aromatic carbocycles. The van der Waals surface area contributed by atoms with E-state index >= 15 is 0 Å². The Kier molecular flexibility index (Phi) is 4.74. The van der Waals surface area contributed by atoms with Gasteiger partial charge in [-0.15, -0.1) is 0 Å². The number of piperidine rings is 2. The molecule has 0 saturated carbocycles. The molecule has 0 radical (unpaired) electrons. The second kappa shape index (κ2) is 7.72. The van der Waals surface area contributed by atoms with E-state index in [0.29, 0.717) is 13.1 Å². The molecule has 4 heterocycles. The van der Waals surface area contributed by atoms with Gasteiger partial charge < -0.3 is 10.1 Å². The Morgan fingerprint density at radius 3 is 2.47 bits per heavy atom. The fourth-order valence-electron chi connectivity index (χ4n) is 4.71. The van der Waals surface area contributed by atoms with Gasteiger partial charge in [-0.2, -0.15) is 0 Å². The molecule has 9 nitrogen and oxygen atoms in total. The van der Waals surface area contributed by atoms with Gasteiger partial charge in [0.1, 0.15) is 6.04 Å². The van der Waals surface area contributed by atoms with Crippen LogP contribution in [0.2, 0.25) is 0 Å². The lowest BCUT2D eigenvalue weighted by Crippen LogP contribution is -2.54. The highest BCUT2D eigenvalue weighted by Crippen LogP contribution is 2.34. The van der Waals surface area contributed by atoms with Crippen molar-refractivity contribution in [1.29, 1.82) is 0 Å². The average molecular weight is 415 g/mol. The van der Waals surface area contributed by atoms with Crippen molar-refractivity contribution in [3.63, 3.8) is 0 Å². The lowest BCUT2D eigenvalue weighted by Gasteiger charge is -2.39. The number of carbonyl (C=O) groups is 4. The Hall–Kier alpha value is -2.36. The van der Waals surface area contributed by atoms with Crippen LogP contribution in [0.25, 0.3) is 0 Å². The minimum Gasteiger partial charge on any atom is -0.372 e. The highest BCUT2D eigenvalue weighted by atomic mass is 16.5. The van der Waals surface area contributed by atoms with Crippen LogP contribution in [-0.4, -0.2) is 83.9 Å². The van der Waals surface area contributed by atoms with Crippen molar-refractivity contribution in [3.05, 3.63) is 23.3 Å². The highest BCUT2D eigenvalue weighted by Gasteiger charge is 2.46. The van der Waals surface area contributed by atoms with Gasteiger partial charge in [0.2, 0.25) is 11.8 Å². The molecule has 2 unspecified atom stereocenters. The number of rotatable bonds is 4. The molecule has 5 aliphatic rings. The van der Waals surface area contributed by atoms with Gasteiger partial charge in [0.05, 0.1) is 13.6 Å². The van der Waals surface area contributed by atoms with E-state index in [1.54, 1.807) is 12.2 Å². The third kappa shape index (κ3) is 3.40. The predicted molar refractivity (Wildman–Crippen MR) is 105 cm³/mol. The molecule has 9 heteroatoms. The maximum absolute atomic E-state index is 13.1. The minimum absolute atomic E-state index is 0.0876. The van der Waals surface area contributed by atoms with Crippen LogP contribution in [0.4, 0.5) is 0 Å². The molecule has 0 bridgehead atoms. The van der Waals surface area contributed by atoms with Gasteiger partial charge in [-0.3, -0.25) is 34.3 Å². The molecule has 5 rings (SSSR count). The first-order valence-electron chi connectivity index (χ1n) is 11.1. The predicted octanol–water partition coefficient (Wildman–Crippen LogP) is -0.762. The quantitative estimate of drug-likeness (QED) is 0.581. The van der Waals surface area contributed by atoms with Crippen molar-refractivity contribution in [2.75, 3.05) is 26.2 Å². The average Bonchev–Trinajstić information content (AvgIpc) is 2.95. The van der Waals surface area contributed by atoms with Crippen molar-refractivity contribution in [2.45, 2.75) is 56.4 Å². The fourth-order valence-corrected chi connectivity index (χ4v) is 4.71. The van der Waals surface area contributed by atoms with E-state index < -0.39 is 35.7 Å². The van der Waals surface area contributed by atoms with E-state index in [1.807, 2.05) is 4.90 Å². The Bertz CT molecular complexity index is 905. The third-order valence-corrected chi connectivity index (χ3v) is 6.55. The minimum atomic E-state index is -1.11. The van der Waals surface area contributed by atoms with Crippen molar-refractivity contribution < 1.29 is 25.3 Å². The van der Waals surface area contributed by atoms with E-state index in [2.05, 4.69) is 10.6 Å². The smallest absolute Gasteiger partial charge is 0.261 e. The summed E-state index contributed by atoms with van der Waals surface area (Å²) in [5, 5.41) is 5.39. The number of imide groups is 2. The maximum atomic E-state index is 13.1. The largest absolute Gasteiger partial charge is 0.372 e. The fraction of sp³-hybridized carbons (Fsp3) is 0.619. The summed E-state index contributed by atoms with van der Waals surface area (Å²) in [5.41, 5.74) is 0.541. The molecule has 2 atom stereocenters. The molecular formula is C21H26N4O5. The normalized spacial score (nSPS) is 34.2. The number of ether oxygens (including phenoxy) is 1. The molecule has 2 N–H and O–H groups in total. The van der Waals surface area contributed by atoms with E-state index in [9.17, 15) is 19.2 Å². The molecule has 160 valence electrons. The molecule has 3 fully saturated rings. The van der Waals surface area contributed by atoms with Gasteiger partial charge in [-0.25, -0.2) is 0 Å². The molecule has 0 aromatic heterocycles. The lowest BCUT2D eigenvalue weighted by molar-refractivity contribution is -0.150. The van der Waals surface area contributed by atoms with Crippen LogP contribution in [0, 0.1) is 0 Å². The summed E-state index contributed by atoms with van der Waals surface area (Å²) in [4.78, 5) is 52.6. The standard InChI is InChI=1S/C21H26N4O5/c26-18-4-3-17(19(27)23-18)25-20(28)15-2-1-12(9-16(15)21(25)29)24-7-5-13(6-8-24)30-14-10-22-11-14/h1-2,12-14,17,22H,3-11H2,(H,23,26,27)/i12D. The first-order chi connectivity index (χ1) is 14.9. The highest BCUT2D eigenvalue weighted by molar-refractivity contribution is 6.23. The summed E-state index contributed by atoms with van der Waals surface area (Å²) in [7, 11) is 0. The van der Waals surface area contributed by atoms with Gasteiger partial charge in [0, 0.05) is 49.8 Å². The van der Waals surface area contributed by atoms with Crippen molar-refractivity contribution in [1.82, 2.24) is 20.4 Å². The van der Waals surface area contributed by atoms with E-state index in [1.165, 1.54) is 0 Å². The number of nitrogens with one attached hydrogen (secondary N) is 2. The SMILES string of the molecule is [2H]C1(N2CCC(OC3CNC3)CC2)C=CC2=C(C1)C(=O)N(C1CCC(=O)NC1=O)C2=O. The van der Waals surface area contributed by atoms with Crippen LogP contribution in [-0.2, 0) is 23.9 Å². The molecule has 30 heavy (non-hydrogen) atoms. The maximum Gasteiger partial charge on any atom is 0.261 e. The lowest BCUT2D eigenvalue weighted by atomic mass is 9.93. The Morgan fingerprint density at radius 1 is 1.03 bits per heavy atom. The number of hydrogen-bond acceptors (Lipinski definition) is 7. The van der Waals surface area contributed by atoms with Crippen LogP contribution in [0.1, 0.15) is 33.5 Å². The molecule has 1 aliphatic carbocycles. The van der Waals surface area contributed by atoms with Gasteiger partial charge in [0.25, 0.3) is 11.8 Å². The topological polar surface area (TPSA) is 108 Å². The zero-order chi connectivity index (χ0) is 21.8. The third-order valence-electron chi connectivity index (χ3n) is 6.55. The monoisotopic (exact) mass is 415 g/mol. The number of nitrogens with zero attached hydrogens (tertiary/aromatic N) is 2. The van der Waals surface area contributed by atoms with E-state index in [0.717, 1.165) is 30.8 Å². The Labute approximate surface area is 175 Å². The van der Waals surface area contributed by atoms with Gasteiger partial charge in [-0.05, 0) is 25.7 Å². The number of carbonyl (C=O) groups excluding carboxylic acids is 4. The number of amides is 4. The summed E-state index contributed by atoms with van der Waals surface area (Å²) in [6, 6.07) is -2.09. The summed E-state index contributed by atoms with van der Waals surface area (Å²) in [6.45, 7) is 3.14. The van der Waals surface area contributed by atoms with Crippen LogP contribution < -0.4 is 10.6 Å². The van der Waals surface area contributed by atoms with Crippen molar-refractivity contribution in [3.8, 4) is 0 Å². The molecule has 0 aromatic rings. The van der Waals surface area contributed by atoms with Crippen molar-refractivity contribution in [2.24, 2.45) is 0 Å². The first-order valence-corrected chi connectivity index (χ1v) is 10.6. The number of hydrogen-bond donors (Lipinski definition) is 2. The zero-order valence-electron chi connectivity index (χ0n) is 17.7. The van der Waals surface area contributed by atoms with Crippen LogP contribution in [0.5, 0.6) is 0 Å². The molecule has 3 saturated heterocycles. The van der Waals surface area contributed by atoms with Crippen LogP contribution >= 0.6 is 0 Å². The Morgan fingerprint density at radius 2 is 1.80 bits per heavy atom. The second-order valence-corrected chi connectivity index (χ2v) is 8.44. The summed E-state index contributed by atoms with van der Waals surface area (Å²) >= 11 is 0. The second-order valence-electron chi connectivity index (χ2n) is 8.44. The molecule has 0 spiro atoms. The van der Waals surface area contributed by atoms with E-state index in [-0.39, 0.29) is 42.6 Å². The van der Waals surface area contributed by atoms with Gasteiger partial charge in [0.15, 0.2) is 0 Å². The number of likely N-dealkylation sites (tertiary alicyclic amines) is 1. The van der Waals surface area contributed by atoms with Crippen LogP contribution in [0.15, 0.2) is 23.3 Å². The van der Waals surface area contributed by atoms with E-state index in [4.69, 9.17) is 6.11 Å². The van der Waals surface area contributed by atoms with Gasteiger partial charge >= 0.3 is 0 Å². The molecule has 4 aliphatic heterocycles. The zero-order valence-corrected chi connectivity index (χ0v) is 16.7. The van der Waals surface area contributed by atoms with Crippen molar-refractivity contribution >= 4 is 23.6 Å². The summed E-state index contributed by atoms with van der Waals surface area (Å²) < 4.78 is 15.1. The Balaban J connectivity index is 1.26. The molecular weight excluding hydrogens is 388 g/mol. The first kappa shape index (κ1) is 18.4. The summed E-state index contributed by atoms with van der Waals surface area (Å²) in [5.74, 6) is -2.06.